The highest BCUT2D eigenvalue weighted by molar-refractivity contribution is 6.14. The van der Waals surface area contributed by atoms with Gasteiger partial charge in [0.25, 0.3) is 0 Å². The van der Waals surface area contributed by atoms with E-state index in [9.17, 15) is 9.90 Å². The largest absolute Gasteiger partial charge is 0.508 e. The number of benzene rings is 1. The number of aromatic hydroxyl groups is 1. The van der Waals surface area contributed by atoms with Crippen molar-refractivity contribution in [2.75, 3.05) is 6.61 Å². The number of phenols is 1. The number of hydrogen-bond acceptors (Lipinski definition) is 5. The summed E-state index contributed by atoms with van der Waals surface area (Å²) < 4.78 is 7.01. The van der Waals surface area contributed by atoms with Crippen LogP contribution in [0.2, 0.25) is 0 Å². The van der Waals surface area contributed by atoms with Crippen LogP contribution in [0, 0.1) is 0 Å². The third kappa shape index (κ3) is 2.17. The lowest BCUT2D eigenvalue weighted by Crippen LogP contribution is -2.01. The number of ether oxygens (including phenoxy) is 1. The third-order valence-electron chi connectivity index (χ3n) is 2.93. The molecule has 0 unspecified atom stereocenters. The number of hydrogen-bond donors (Lipinski definition) is 2. The fourth-order valence-corrected chi connectivity index (χ4v) is 2.01. The Labute approximate surface area is 114 Å². The maximum absolute atomic E-state index is 12.1. The zero-order chi connectivity index (χ0) is 14.1. The predicted octanol–water partition coefficient (Wildman–Crippen LogP) is 1.20. The molecule has 3 rings (SSSR count). The van der Waals surface area contributed by atoms with Crippen LogP contribution in [0.5, 0.6) is 11.5 Å². The molecule has 1 aliphatic heterocycles. The molecule has 0 spiro atoms. The minimum absolute atomic E-state index is 0.00214. The minimum atomic E-state index is -0.227. The summed E-state index contributed by atoms with van der Waals surface area (Å²) in [6.07, 6.45) is 4.88. The number of rotatable bonds is 3. The molecule has 6 heteroatoms. The van der Waals surface area contributed by atoms with Gasteiger partial charge in [-0.05, 0) is 18.2 Å². The summed E-state index contributed by atoms with van der Waals surface area (Å²) in [6.45, 7) is 0.393. The van der Waals surface area contributed by atoms with E-state index in [2.05, 4.69) is 5.10 Å². The maximum atomic E-state index is 12.1. The first kappa shape index (κ1) is 12.4. The molecule has 102 valence electrons. The molecule has 1 aliphatic rings. The van der Waals surface area contributed by atoms with Crippen molar-refractivity contribution in [3.8, 4) is 11.5 Å². The zero-order valence-corrected chi connectivity index (χ0v) is 10.5. The van der Waals surface area contributed by atoms with Gasteiger partial charge in [-0.15, -0.1) is 0 Å². The minimum Gasteiger partial charge on any atom is -0.508 e. The van der Waals surface area contributed by atoms with Gasteiger partial charge in [0.05, 0.1) is 24.9 Å². The van der Waals surface area contributed by atoms with Crippen molar-refractivity contribution in [2.24, 2.45) is 0 Å². The van der Waals surface area contributed by atoms with Gasteiger partial charge in [-0.2, -0.15) is 5.10 Å². The van der Waals surface area contributed by atoms with Crippen LogP contribution in [-0.2, 0) is 6.54 Å². The molecule has 0 aliphatic carbocycles. The van der Waals surface area contributed by atoms with Crippen molar-refractivity contribution < 1.29 is 19.7 Å². The highest BCUT2D eigenvalue weighted by atomic mass is 16.5. The standard InChI is InChI=1S/C14H12N2O4/c17-4-3-16-8-9(7-15-16)5-13-14(19)11-2-1-10(18)6-12(11)20-13/h1-2,5-8,17-18H,3-4H2/b13-5-. The molecule has 2 heterocycles. The second-order valence-corrected chi connectivity index (χ2v) is 4.38. The average Bonchev–Trinajstić information content (AvgIpc) is 2.96. The van der Waals surface area contributed by atoms with E-state index < -0.39 is 0 Å². The third-order valence-corrected chi connectivity index (χ3v) is 2.93. The van der Waals surface area contributed by atoms with Crippen molar-refractivity contribution >= 4 is 11.9 Å². The Balaban J connectivity index is 1.88. The summed E-state index contributed by atoms with van der Waals surface area (Å²) in [5.41, 5.74) is 1.13. The molecule has 0 bridgehead atoms. The van der Waals surface area contributed by atoms with Crippen LogP contribution < -0.4 is 4.74 Å². The van der Waals surface area contributed by atoms with E-state index in [1.165, 1.54) is 18.2 Å². The number of ketones is 1. The van der Waals surface area contributed by atoms with Crippen LogP contribution in [0.4, 0.5) is 0 Å². The lowest BCUT2D eigenvalue weighted by atomic mass is 10.1. The first-order valence-corrected chi connectivity index (χ1v) is 6.08. The van der Waals surface area contributed by atoms with Gasteiger partial charge in [-0.25, -0.2) is 0 Å². The Bertz CT molecular complexity index is 703. The lowest BCUT2D eigenvalue weighted by Gasteiger charge is -1.97. The van der Waals surface area contributed by atoms with Crippen LogP contribution in [-0.4, -0.2) is 32.4 Å². The lowest BCUT2D eigenvalue weighted by molar-refractivity contribution is 0.101. The summed E-state index contributed by atoms with van der Waals surface area (Å²) in [4.78, 5) is 12.1. The summed E-state index contributed by atoms with van der Waals surface area (Å²) in [7, 11) is 0. The quantitative estimate of drug-likeness (QED) is 0.820. The number of nitrogens with zero attached hydrogens (tertiary/aromatic N) is 2. The zero-order valence-electron chi connectivity index (χ0n) is 10.5. The first-order chi connectivity index (χ1) is 9.67. The molecule has 1 aromatic heterocycles. The maximum Gasteiger partial charge on any atom is 0.231 e. The number of carbonyl (C=O) groups is 1. The van der Waals surface area contributed by atoms with Gasteiger partial charge in [0.1, 0.15) is 11.5 Å². The molecule has 2 aromatic rings. The number of aromatic nitrogens is 2. The number of aliphatic hydroxyl groups excluding tert-OH is 1. The normalized spacial score (nSPS) is 15.4. The van der Waals surface area contributed by atoms with Gasteiger partial charge < -0.3 is 14.9 Å². The fraction of sp³-hybridized carbons (Fsp3) is 0.143. The second-order valence-electron chi connectivity index (χ2n) is 4.38. The topological polar surface area (TPSA) is 84.6 Å². The molecule has 0 radical (unpaired) electrons. The molecule has 1 aromatic carbocycles. The van der Waals surface area contributed by atoms with Crippen molar-refractivity contribution in [1.82, 2.24) is 9.78 Å². The number of fused-ring (bicyclic) bond motifs is 1. The number of aliphatic hydroxyl groups is 1. The highest BCUT2D eigenvalue weighted by Crippen LogP contribution is 2.34. The van der Waals surface area contributed by atoms with Crippen LogP contribution in [0.25, 0.3) is 6.08 Å². The molecule has 2 N–H and O–H groups in total. The van der Waals surface area contributed by atoms with E-state index in [0.717, 1.165) is 0 Å². The van der Waals surface area contributed by atoms with Gasteiger partial charge >= 0.3 is 0 Å². The molecular formula is C14H12N2O4. The Hall–Kier alpha value is -2.60. The first-order valence-electron chi connectivity index (χ1n) is 6.08. The van der Waals surface area contributed by atoms with Crippen molar-refractivity contribution in [3.05, 3.63) is 47.5 Å². The van der Waals surface area contributed by atoms with Gasteiger partial charge in [-0.1, -0.05) is 0 Å². The van der Waals surface area contributed by atoms with Crippen LogP contribution >= 0.6 is 0 Å². The van der Waals surface area contributed by atoms with Crippen molar-refractivity contribution in [3.63, 3.8) is 0 Å². The van der Waals surface area contributed by atoms with E-state index in [1.54, 1.807) is 23.2 Å². The molecule has 0 saturated heterocycles. The molecule has 0 saturated carbocycles. The van der Waals surface area contributed by atoms with Crippen LogP contribution in [0.15, 0.2) is 36.4 Å². The van der Waals surface area contributed by atoms with Gasteiger partial charge in [-0.3, -0.25) is 9.48 Å². The number of carbonyl (C=O) groups excluding carboxylic acids is 1. The van der Waals surface area contributed by atoms with Crippen LogP contribution in [0.1, 0.15) is 15.9 Å². The van der Waals surface area contributed by atoms with E-state index in [4.69, 9.17) is 9.84 Å². The van der Waals surface area contributed by atoms with Gasteiger partial charge in [0.15, 0.2) is 5.76 Å². The second kappa shape index (κ2) is 4.82. The Morgan fingerprint density at radius 1 is 1.40 bits per heavy atom. The summed E-state index contributed by atoms with van der Waals surface area (Å²) in [5.74, 6) is 0.363. The van der Waals surface area contributed by atoms with Crippen molar-refractivity contribution in [1.29, 1.82) is 0 Å². The van der Waals surface area contributed by atoms with E-state index in [1.807, 2.05) is 0 Å². The molecular weight excluding hydrogens is 260 g/mol. The number of allylic oxidation sites excluding steroid dienone is 1. The highest BCUT2D eigenvalue weighted by Gasteiger charge is 2.27. The average molecular weight is 272 g/mol. The Morgan fingerprint density at radius 2 is 2.25 bits per heavy atom. The molecule has 0 amide bonds. The Kier molecular flexibility index (Phi) is 3.00. The van der Waals surface area contributed by atoms with Crippen molar-refractivity contribution in [2.45, 2.75) is 6.54 Å². The monoisotopic (exact) mass is 272 g/mol. The van der Waals surface area contributed by atoms with E-state index in [0.29, 0.717) is 23.4 Å². The molecule has 0 atom stereocenters. The summed E-state index contributed by atoms with van der Waals surface area (Å²) in [5, 5.41) is 22.2. The fourth-order valence-electron chi connectivity index (χ4n) is 2.01. The summed E-state index contributed by atoms with van der Waals surface area (Å²) >= 11 is 0. The molecule has 6 nitrogen and oxygen atoms in total. The SMILES string of the molecule is O=C1/C(=C/c2cnn(CCO)c2)Oc2cc(O)ccc21. The van der Waals surface area contributed by atoms with Gasteiger partial charge in [0, 0.05) is 17.8 Å². The van der Waals surface area contributed by atoms with Crippen LogP contribution in [0.3, 0.4) is 0 Å². The van der Waals surface area contributed by atoms with E-state index >= 15 is 0 Å². The Morgan fingerprint density at radius 3 is 3.05 bits per heavy atom. The number of phenolic OH excluding ortho intramolecular Hbond substituents is 1. The van der Waals surface area contributed by atoms with Gasteiger partial charge in [0.2, 0.25) is 5.78 Å². The smallest absolute Gasteiger partial charge is 0.231 e. The van der Waals surface area contributed by atoms with E-state index in [-0.39, 0.29) is 23.9 Å². The summed E-state index contributed by atoms with van der Waals surface area (Å²) in [6, 6.07) is 4.38. The predicted molar refractivity (Wildman–Crippen MR) is 70.4 cm³/mol. The molecule has 20 heavy (non-hydrogen) atoms. The molecule has 0 fully saturated rings. The number of Topliss-reactive ketones (excluding diaryl/α,β-unsaturated/α-hetero) is 1.